The normalized spacial score (nSPS) is 10.6. The smallest absolute Gasteiger partial charge is 0.192 e. The van der Waals surface area contributed by atoms with Crippen molar-refractivity contribution in [2.45, 2.75) is 11.7 Å². The number of phenolic OH excluding ortho intramolecular Hbond substituents is 2. The van der Waals surface area contributed by atoms with E-state index < -0.39 is 0 Å². The SMILES string of the molecule is C=CCn1c(SCC(=O)c2ccc(O)cc2O)nnc1-c1ccccc1. The summed E-state index contributed by atoms with van der Waals surface area (Å²) in [5.74, 6) is 0.190. The van der Waals surface area contributed by atoms with Gasteiger partial charge in [0.2, 0.25) is 0 Å². The van der Waals surface area contributed by atoms with E-state index >= 15 is 0 Å². The Hall–Kier alpha value is -3.06. The van der Waals surface area contributed by atoms with E-state index in [9.17, 15) is 15.0 Å². The first-order valence-electron chi connectivity index (χ1n) is 7.87. The Kier molecular flexibility index (Phi) is 5.38. The molecule has 0 aliphatic rings. The number of nitrogens with zero attached hydrogens (tertiary/aromatic N) is 3. The van der Waals surface area contributed by atoms with Crippen LogP contribution >= 0.6 is 11.8 Å². The number of Topliss-reactive ketones (excluding diaryl/α,β-unsaturated/α-hetero) is 1. The molecule has 0 amide bonds. The first-order chi connectivity index (χ1) is 12.6. The van der Waals surface area contributed by atoms with E-state index in [1.807, 2.05) is 34.9 Å². The summed E-state index contributed by atoms with van der Waals surface area (Å²) in [6, 6.07) is 13.6. The first kappa shape index (κ1) is 17.8. The Balaban J connectivity index is 1.80. The number of aromatic nitrogens is 3. The molecule has 26 heavy (non-hydrogen) atoms. The van der Waals surface area contributed by atoms with E-state index in [0.29, 0.717) is 17.5 Å². The molecule has 0 radical (unpaired) electrons. The minimum absolute atomic E-state index is 0.0857. The second kappa shape index (κ2) is 7.88. The lowest BCUT2D eigenvalue weighted by atomic mass is 10.1. The van der Waals surface area contributed by atoms with Crippen LogP contribution in [0.1, 0.15) is 10.4 Å². The van der Waals surface area contributed by atoms with Crippen LogP contribution in [0, 0.1) is 0 Å². The van der Waals surface area contributed by atoms with Crippen molar-refractivity contribution >= 4 is 17.5 Å². The van der Waals surface area contributed by atoms with Gasteiger partial charge in [0.15, 0.2) is 16.8 Å². The Morgan fingerprint density at radius 1 is 1.15 bits per heavy atom. The Labute approximate surface area is 154 Å². The molecule has 1 aromatic heterocycles. The monoisotopic (exact) mass is 367 g/mol. The number of aromatic hydroxyl groups is 2. The van der Waals surface area contributed by atoms with Gasteiger partial charge in [-0.3, -0.25) is 9.36 Å². The molecular weight excluding hydrogens is 350 g/mol. The molecule has 1 heterocycles. The number of thioether (sulfide) groups is 1. The van der Waals surface area contributed by atoms with Crippen molar-refractivity contribution < 1.29 is 15.0 Å². The molecular formula is C19H17N3O3S. The second-order valence-corrected chi connectivity index (χ2v) is 6.43. The van der Waals surface area contributed by atoms with Crippen LogP contribution in [-0.2, 0) is 6.54 Å². The lowest BCUT2D eigenvalue weighted by Gasteiger charge is -2.08. The van der Waals surface area contributed by atoms with E-state index in [4.69, 9.17) is 0 Å². The van der Waals surface area contributed by atoms with Crippen molar-refractivity contribution in [2.24, 2.45) is 0 Å². The van der Waals surface area contributed by atoms with Gasteiger partial charge in [-0.05, 0) is 12.1 Å². The van der Waals surface area contributed by atoms with Crippen molar-refractivity contribution in [3.05, 3.63) is 66.7 Å². The van der Waals surface area contributed by atoms with Gasteiger partial charge in [0.25, 0.3) is 0 Å². The molecule has 0 unspecified atom stereocenters. The average Bonchev–Trinajstić information content (AvgIpc) is 3.03. The summed E-state index contributed by atoms with van der Waals surface area (Å²) in [6.07, 6.45) is 1.74. The third kappa shape index (κ3) is 3.78. The number of carbonyl (C=O) groups is 1. The summed E-state index contributed by atoms with van der Waals surface area (Å²) >= 11 is 1.24. The van der Waals surface area contributed by atoms with Crippen molar-refractivity contribution in [3.63, 3.8) is 0 Å². The molecule has 2 aromatic carbocycles. The number of rotatable bonds is 7. The minimum atomic E-state index is -0.262. The van der Waals surface area contributed by atoms with Crippen LogP contribution in [0.2, 0.25) is 0 Å². The number of allylic oxidation sites excluding steroid dienone is 1. The molecule has 0 aliphatic carbocycles. The molecule has 0 aliphatic heterocycles. The molecule has 0 saturated carbocycles. The van der Waals surface area contributed by atoms with Crippen molar-refractivity contribution in [1.82, 2.24) is 14.8 Å². The van der Waals surface area contributed by atoms with Gasteiger partial charge in [0, 0.05) is 18.2 Å². The van der Waals surface area contributed by atoms with E-state index in [-0.39, 0.29) is 28.6 Å². The lowest BCUT2D eigenvalue weighted by molar-refractivity contribution is 0.102. The third-order valence-electron chi connectivity index (χ3n) is 3.67. The van der Waals surface area contributed by atoms with Crippen LogP contribution < -0.4 is 0 Å². The molecule has 7 heteroatoms. The van der Waals surface area contributed by atoms with Crippen molar-refractivity contribution in [1.29, 1.82) is 0 Å². The maximum absolute atomic E-state index is 12.4. The molecule has 0 saturated heterocycles. The first-order valence-corrected chi connectivity index (χ1v) is 8.86. The second-order valence-electron chi connectivity index (χ2n) is 5.48. The van der Waals surface area contributed by atoms with Gasteiger partial charge in [0.05, 0.1) is 11.3 Å². The standard InChI is InChI=1S/C19H17N3O3S/c1-2-10-22-18(13-6-4-3-5-7-13)20-21-19(22)26-12-17(25)15-9-8-14(23)11-16(15)24/h2-9,11,23-24H,1,10,12H2. The van der Waals surface area contributed by atoms with E-state index in [1.165, 1.54) is 23.9 Å². The van der Waals surface area contributed by atoms with Crippen LogP contribution in [0.15, 0.2) is 66.3 Å². The van der Waals surface area contributed by atoms with E-state index in [2.05, 4.69) is 16.8 Å². The van der Waals surface area contributed by atoms with Gasteiger partial charge in [0.1, 0.15) is 11.5 Å². The predicted octanol–water partition coefficient (Wildman–Crippen LogP) is 3.52. The fourth-order valence-corrected chi connectivity index (χ4v) is 3.28. The quantitative estimate of drug-likeness (QED) is 0.377. The number of hydrogen-bond donors (Lipinski definition) is 2. The molecule has 3 aromatic rings. The Morgan fingerprint density at radius 3 is 2.62 bits per heavy atom. The van der Waals surface area contributed by atoms with Crippen LogP contribution in [-0.4, -0.2) is 36.5 Å². The van der Waals surface area contributed by atoms with Gasteiger partial charge in [-0.25, -0.2) is 0 Å². The summed E-state index contributed by atoms with van der Waals surface area (Å²) in [7, 11) is 0. The number of carbonyl (C=O) groups excluding carboxylic acids is 1. The number of hydrogen-bond acceptors (Lipinski definition) is 6. The topological polar surface area (TPSA) is 88.2 Å². The van der Waals surface area contributed by atoms with Gasteiger partial charge >= 0.3 is 0 Å². The van der Waals surface area contributed by atoms with Gasteiger partial charge in [-0.1, -0.05) is 48.2 Å². The Bertz CT molecular complexity index is 938. The summed E-state index contributed by atoms with van der Waals surface area (Å²) in [5, 5.41) is 28.2. The summed E-state index contributed by atoms with van der Waals surface area (Å²) in [6.45, 7) is 4.28. The zero-order valence-electron chi connectivity index (χ0n) is 13.9. The molecule has 0 fully saturated rings. The molecule has 0 bridgehead atoms. The molecule has 0 spiro atoms. The number of benzene rings is 2. The van der Waals surface area contributed by atoms with Crippen LogP contribution in [0.4, 0.5) is 0 Å². The summed E-state index contributed by atoms with van der Waals surface area (Å²) < 4.78 is 1.89. The van der Waals surface area contributed by atoms with E-state index in [1.54, 1.807) is 6.08 Å². The largest absolute Gasteiger partial charge is 0.508 e. The molecule has 6 nitrogen and oxygen atoms in total. The Morgan fingerprint density at radius 2 is 1.92 bits per heavy atom. The fourth-order valence-electron chi connectivity index (χ4n) is 2.45. The van der Waals surface area contributed by atoms with Gasteiger partial charge in [-0.2, -0.15) is 0 Å². The average molecular weight is 367 g/mol. The molecule has 132 valence electrons. The van der Waals surface area contributed by atoms with E-state index in [0.717, 1.165) is 11.6 Å². The highest BCUT2D eigenvalue weighted by Gasteiger charge is 2.17. The molecule has 3 rings (SSSR count). The summed E-state index contributed by atoms with van der Waals surface area (Å²) in [4.78, 5) is 12.4. The number of ketones is 1. The van der Waals surface area contributed by atoms with Crippen LogP contribution in [0.3, 0.4) is 0 Å². The third-order valence-corrected chi connectivity index (χ3v) is 4.64. The molecule has 0 atom stereocenters. The maximum Gasteiger partial charge on any atom is 0.192 e. The highest BCUT2D eigenvalue weighted by Crippen LogP contribution is 2.27. The zero-order valence-corrected chi connectivity index (χ0v) is 14.7. The van der Waals surface area contributed by atoms with Crippen LogP contribution in [0.5, 0.6) is 11.5 Å². The fraction of sp³-hybridized carbons (Fsp3) is 0.105. The predicted molar refractivity (Wildman–Crippen MR) is 100 cm³/mol. The van der Waals surface area contributed by atoms with Crippen molar-refractivity contribution in [2.75, 3.05) is 5.75 Å². The van der Waals surface area contributed by atoms with Crippen LogP contribution in [0.25, 0.3) is 11.4 Å². The lowest BCUT2D eigenvalue weighted by Crippen LogP contribution is -2.05. The molecule has 2 N–H and O–H groups in total. The maximum atomic E-state index is 12.4. The summed E-state index contributed by atoms with van der Waals surface area (Å²) in [5.41, 5.74) is 1.09. The number of phenols is 2. The zero-order chi connectivity index (χ0) is 18.5. The highest BCUT2D eigenvalue weighted by molar-refractivity contribution is 7.99. The van der Waals surface area contributed by atoms with Gasteiger partial charge < -0.3 is 10.2 Å². The van der Waals surface area contributed by atoms with Gasteiger partial charge in [-0.15, -0.1) is 16.8 Å². The minimum Gasteiger partial charge on any atom is -0.508 e. The van der Waals surface area contributed by atoms with Crippen molar-refractivity contribution in [3.8, 4) is 22.9 Å². The highest BCUT2D eigenvalue weighted by atomic mass is 32.2.